The molecule has 0 aromatic carbocycles. The fourth-order valence-electron chi connectivity index (χ4n) is 1.83. The van der Waals surface area contributed by atoms with Crippen molar-refractivity contribution in [3.8, 4) is 0 Å². The van der Waals surface area contributed by atoms with E-state index in [2.05, 4.69) is 5.32 Å². The van der Waals surface area contributed by atoms with Gasteiger partial charge in [-0.3, -0.25) is 5.32 Å². The number of hydrogen-bond acceptors (Lipinski definition) is 5. The van der Waals surface area contributed by atoms with Crippen LogP contribution in [0.2, 0.25) is 0 Å². The number of carbonyl (C=O) groups is 2. The third-order valence-electron chi connectivity index (χ3n) is 2.69. The molecular weight excluding hydrogens is 236 g/mol. The van der Waals surface area contributed by atoms with Gasteiger partial charge in [0.25, 0.3) is 0 Å². The molecule has 0 saturated carbocycles. The molecule has 0 aliphatic carbocycles. The van der Waals surface area contributed by atoms with Crippen molar-refractivity contribution in [3.63, 3.8) is 0 Å². The second-order valence-corrected chi connectivity index (χ2v) is 5.65. The molecule has 18 heavy (non-hydrogen) atoms. The summed E-state index contributed by atoms with van der Waals surface area (Å²) in [4.78, 5) is 25.1. The Hall–Kier alpha value is -1.30. The zero-order chi connectivity index (χ0) is 14.0. The summed E-state index contributed by atoms with van der Waals surface area (Å²) in [6.07, 6.45) is -0.404. The fourth-order valence-corrected chi connectivity index (χ4v) is 1.83. The van der Waals surface area contributed by atoms with Crippen LogP contribution in [0.4, 0.5) is 4.79 Å². The first-order valence-electron chi connectivity index (χ1n) is 5.99. The normalized spacial score (nSPS) is 24.6. The first kappa shape index (κ1) is 14.8. The van der Waals surface area contributed by atoms with Gasteiger partial charge in [-0.25, -0.2) is 9.59 Å². The van der Waals surface area contributed by atoms with E-state index in [-0.39, 0.29) is 12.5 Å². The van der Waals surface area contributed by atoms with Gasteiger partial charge in [0.2, 0.25) is 0 Å². The molecule has 1 aliphatic rings. The highest BCUT2D eigenvalue weighted by molar-refractivity contribution is 5.82. The molecule has 0 aromatic heterocycles. The summed E-state index contributed by atoms with van der Waals surface area (Å²) in [6.45, 7) is 8.45. The zero-order valence-electron chi connectivity index (χ0n) is 11.7. The average Bonchev–Trinajstić information content (AvgIpc) is 2.25. The largest absolute Gasteiger partial charge is 0.468 e. The lowest BCUT2D eigenvalue weighted by Crippen LogP contribution is -2.64. The highest BCUT2D eigenvalue weighted by atomic mass is 16.6. The van der Waals surface area contributed by atoms with Crippen molar-refractivity contribution in [1.82, 2.24) is 10.2 Å². The Morgan fingerprint density at radius 1 is 1.33 bits per heavy atom. The molecule has 1 N–H and O–H groups in total. The molecule has 0 radical (unpaired) electrons. The molecular formula is C12H22N2O4. The van der Waals surface area contributed by atoms with Gasteiger partial charge in [-0.2, -0.15) is 0 Å². The fraction of sp³-hybridized carbons (Fsp3) is 0.833. The average molecular weight is 258 g/mol. The zero-order valence-corrected chi connectivity index (χ0v) is 11.7. The lowest BCUT2D eigenvalue weighted by molar-refractivity contribution is -0.149. The first-order valence-corrected chi connectivity index (χ1v) is 5.99. The van der Waals surface area contributed by atoms with Crippen LogP contribution in [0.5, 0.6) is 0 Å². The van der Waals surface area contributed by atoms with Crippen LogP contribution in [0.3, 0.4) is 0 Å². The Bertz CT molecular complexity index is 337. The summed E-state index contributed by atoms with van der Waals surface area (Å²) in [5, 5.41) is 3.07. The Kier molecular flexibility index (Phi) is 4.21. The summed E-state index contributed by atoms with van der Waals surface area (Å²) in [7, 11) is 1.34. The predicted octanol–water partition coefficient (Wildman–Crippen LogP) is 0.758. The van der Waals surface area contributed by atoms with Crippen LogP contribution in [0, 0.1) is 0 Å². The van der Waals surface area contributed by atoms with Crippen LogP contribution in [0.15, 0.2) is 0 Å². The van der Waals surface area contributed by atoms with Gasteiger partial charge >= 0.3 is 12.1 Å². The quantitative estimate of drug-likeness (QED) is 0.703. The number of amides is 1. The van der Waals surface area contributed by atoms with E-state index in [1.807, 2.05) is 20.8 Å². The van der Waals surface area contributed by atoms with Crippen molar-refractivity contribution in [3.05, 3.63) is 0 Å². The summed E-state index contributed by atoms with van der Waals surface area (Å²) in [6, 6.07) is 0. The van der Waals surface area contributed by atoms with Crippen LogP contribution in [0.1, 0.15) is 27.7 Å². The number of nitrogens with one attached hydrogen (secondary N) is 1. The third-order valence-corrected chi connectivity index (χ3v) is 2.69. The molecule has 1 fully saturated rings. The number of rotatable bonds is 1. The number of ether oxygens (including phenoxy) is 2. The number of methoxy groups -OCH3 is 1. The Labute approximate surface area is 108 Å². The van der Waals surface area contributed by atoms with Crippen LogP contribution >= 0.6 is 0 Å². The third kappa shape index (κ3) is 3.60. The monoisotopic (exact) mass is 258 g/mol. The second-order valence-electron chi connectivity index (χ2n) is 5.65. The van der Waals surface area contributed by atoms with E-state index < -0.39 is 17.2 Å². The maximum absolute atomic E-state index is 11.9. The molecule has 0 spiro atoms. The maximum atomic E-state index is 11.9. The van der Waals surface area contributed by atoms with Crippen LogP contribution in [0.25, 0.3) is 0 Å². The highest BCUT2D eigenvalue weighted by Crippen LogP contribution is 2.16. The van der Waals surface area contributed by atoms with Crippen molar-refractivity contribution in [2.75, 3.05) is 26.7 Å². The molecule has 1 aliphatic heterocycles. The molecule has 0 aromatic rings. The SMILES string of the molecule is COC(=O)[C@]1(C)CN(C(=O)OC(C)(C)C)CCN1. The van der Waals surface area contributed by atoms with E-state index >= 15 is 0 Å². The lowest BCUT2D eigenvalue weighted by atomic mass is 10.00. The van der Waals surface area contributed by atoms with Crippen LogP contribution in [-0.4, -0.2) is 54.8 Å². The minimum absolute atomic E-state index is 0.245. The van der Waals surface area contributed by atoms with Gasteiger partial charge in [0.15, 0.2) is 0 Å². The summed E-state index contributed by atoms with van der Waals surface area (Å²) in [5.41, 5.74) is -1.41. The number of nitrogens with zero attached hydrogens (tertiary/aromatic N) is 1. The van der Waals surface area contributed by atoms with Crippen molar-refractivity contribution >= 4 is 12.1 Å². The van der Waals surface area contributed by atoms with Gasteiger partial charge in [0, 0.05) is 13.1 Å². The van der Waals surface area contributed by atoms with Gasteiger partial charge in [-0.15, -0.1) is 0 Å². The molecule has 6 nitrogen and oxygen atoms in total. The van der Waals surface area contributed by atoms with E-state index in [1.165, 1.54) is 12.0 Å². The molecule has 1 atom stereocenters. The first-order chi connectivity index (χ1) is 8.18. The Morgan fingerprint density at radius 2 is 1.94 bits per heavy atom. The predicted molar refractivity (Wildman–Crippen MR) is 66.2 cm³/mol. The molecule has 1 heterocycles. The molecule has 0 bridgehead atoms. The van der Waals surface area contributed by atoms with Gasteiger partial charge in [0.05, 0.1) is 13.7 Å². The minimum atomic E-state index is -0.871. The summed E-state index contributed by atoms with van der Waals surface area (Å²) < 4.78 is 10.0. The van der Waals surface area contributed by atoms with Gasteiger partial charge < -0.3 is 14.4 Å². The molecule has 1 saturated heterocycles. The molecule has 1 rings (SSSR count). The van der Waals surface area contributed by atoms with E-state index in [0.29, 0.717) is 13.1 Å². The molecule has 6 heteroatoms. The Morgan fingerprint density at radius 3 is 2.44 bits per heavy atom. The van der Waals surface area contributed by atoms with Crippen molar-refractivity contribution < 1.29 is 19.1 Å². The number of hydrogen-bond donors (Lipinski definition) is 1. The smallest absolute Gasteiger partial charge is 0.410 e. The van der Waals surface area contributed by atoms with Crippen molar-refractivity contribution in [2.45, 2.75) is 38.8 Å². The van der Waals surface area contributed by atoms with Crippen LogP contribution in [-0.2, 0) is 14.3 Å². The molecule has 104 valence electrons. The Balaban J connectivity index is 2.69. The standard InChI is InChI=1S/C12H22N2O4/c1-11(2,3)18-10(16)14-7-6-13-12(4,8-14)9(15)17-5/h13H,6-8H2,1-5H3/t12-/m0/s1. The molecule has 1 amide bonds. The summed E-state index contributed by atoms with van der Waals surface area (Å²) >= 11 is 0. The summed E-state index contributed by atoms with van der Waals surface area (Å²) in [5.74, 6) is -0.379. The maximum Gasteiger partial charge on any atom is 0.410 e. The molecule has 0 unspecified atom stereocenters. The number of carbonyl (C=O) groups excluding carboxylic acids is 2. The van der Waals surface area contributed by atoms with Gasteiger partial charge in [-0.1, -0.05) is 0 Å². The minimum Gasteiger partial charge on any atom is -0.468 e. The second kappa shape index (κ2) is 5.14. The lowest BCUT2D eigenvalue weighted by Gasteiger charge is -2.39. The van der Waals surface area contributed by atoms with Gasteiger partial charge in [-0.05, 0) is 27.7 Å². The number of piperazine rings is 1. The van der Waals surface area contributed by atoms with Crippen molar-refractivity contribution in [1.29, 1.82) is 0 Å². The highest BCUT2D eigenvalue weighted by Gasteiger charge is 2.41. The van der Waals surface area contributed by atoms with E-state index in [9.17, 15) is 9.59 Å². The van der Waals surface area contributed by atoms with E-state index in [4.69, 9.17) is 9.47 Å². The van der Waals surface area contributed by atoms with Crippen LogP contribution < -0.4 is 5.32 Å². The topological polar surface area (TPSA) is 67.9 Å². The number of esters is 1. The van der Waals surface area contributed by atoms with Gasteiger partial charge in [0.1, 0.15) is 11.1 Å². The van der Waals surface area contributed by atoms with E-state index in [0.717, 1.165) is 0 Å². The van der Waals surface area contributed by atoms with Crippen molar-refractivity contribution in [2.24, 2.45) is 0 Å². The van der Waals surface area contributed by atoms with E-state index in [1.54, 1.807) is 6.92 Å².